The van der Waals surface area contributed by atoms with E-state index in [2.05, 4.69) is 38.4 Å². The molecule has 0 spiro atoms. The van der Waals surface area contributed by atoms with Gasteiger partial charge in [-0.2, -0.15) is 0 Å². The molecule has 1 amide bonds. The normalized spacial score (nSPS) is 15.4. The fourth-order valence-electron chi connectivity index (χ4n) is 2.61. The number of carbonyl (C=O) groups excluding carboxylic acids is 1. The van der Waals surface area contributed by atoms with E-state index in [1.54, 1.807) is 11.0 Å². The van der Waals surface area contributed by atoms with Crippen LogP contribution in [0.5, 0.6) is 5.75 Å². The predicted molar refractivity (Wildman–Crippen MR) is 127 cm³/mol. The molecule has 2 aromatic carbocycles. The summed E-state index contributed by atoms with van der Waals surface area (Å²) in [4.78, 5) is 15.1. The molecule has 3 nitrogen and oxygen atoms in total. The van der Waals surface area contributed by atoms with Crippen LogP contribution in [0.2, 0.25) is 0 Å². The van der Waals surface area contributed by atoms with Crippen molar-refractivity contribution in [1.29, 1.82) is 0 Å². The molecule has 1 aliphatic heterocycles. The maximum absolute atomic E-state index is 12.9. The molecule has 3 rings (SSSR count). The number of hydrogen-bond acceptors (Lipinski definition) is 4. The van der Waals surface area contributed by atoms with Crippen LogP contribution in [0.4, 0.5) is 0 Å². The lowest BCUT2D eigenvalue weighted by molar-refractivity contribution is -0.122. The molecule has 7 heteroatoms. The van der Waals surface area contributed by atoms with Gasteiger partial charge in [-0.3, -0.25) is 9.69 Å². The zero-order valence-electron chi connectivity index (χ0n) is 15.1. The third kappa shape index (κ3) is 4.95. The van der Waals surface area contributed by atoms with Crippen LogP contribution >= 0.6 is 55.8 Å². The van der Waals surface area contributed by atoms with Gasteiger partial charge >= 0.3 is 0 Å². The summed E-state index contributed by atoms with van der Waals surface area (Å²) in [6.45, 7) is 6.58. The zero-order chi connectivity index (χ0) is 20.3. The third-order valence-corrected chi connectivity index (χ3v) is 6.55. The molecule has 1 fully saturated rings. The van der Waals surface area contributed by atoms with Gasteiger partial charge in [0, 0.05) is 0 Å². The number of amides is 1. The first kappa shape index (κ1) is 21.3. The number of ether oxygens (including phenoxy) is 1. The fraction of sp³-hybridized carbons (Fsp3) is 0.143. The number of aryl methyl sites for hydroxylation is 1. The number of benzene rings is 2. The van der Waals surface area contributed by atoms with Gasteiger partial charge in [-0.15, -0.1) is 0 Å². The first-order valence-electron chi connectivity index (χ1n) is 8.42. The van der Waals surface area contributed by atoms with Gasteiger partial charge in [-0.05, 0) is 68.1 Å². The number of halogens is 2. The van der Waals surface area contributed by atoms with E-state index < -0.39 is 0 Å². The van der Waals surface area contributed by atoms with Crippen LogP contribution < -0.4 is 4.74 Å². The Morgan fingerprint density at radius 1 is 1.21 bits per heavy atom. The smallest absolute Gasteiger partial charge is 0.266 e. The highest BCUT2D eigenvalue weighted by atomic mass is 79.9. The Hall–Kier alpha value is -1.41. The van der Waals surface area contributed by atoms with Crippen LogP contribution in [-0.2, 0) is 11.3 Å². The first-order chi connectivity index (χ1) is 13.4. The van der Waals surface area contributed by atoms with E-state index in [0.29, 0.717) is 28.1 Å². The quantitative estimate of drug-likeness (QED) is 0.239. The van der Waals surface area contributed by atoms with Gasteiger partial charge in [0.25, 0.3) is 5.91 Å². The molecule has 1 saturated heterocycles. The number of carbonyl (C=O) groups is 1. The highest BCUT2D eigenvalue weighted by molar-refractivity contribution is 9.11. The average molecular weight is 539 g/mol. The Labute approximate surface area is 191 Å². The van der Waals surface area contributed by atoms with E-state index in [-0.39, 0.29) is 5.91 Å². The molecule has 144 valence electrons. The van der Waals surface area contributed by atoms with Crippen molar-refractivity contribution in [2.75, 3.05) is 6.61 Å². The van der Waals surface area contributed by atoms with Gasteiger partial charge in [-0.1, -0.05) is 66.5 Å². The molecule has 0 radical (unpaired) electrons. The Kier molecular flexibility index (Phi) is 7.15. The second-order valence-electron chi connectivity index (χ2n) is 6.17. The predicted octanol–water partition coefficient (Wildman–Crippen LogP) is 6.49. The molecule has 0 bridgehead atoms. The molecular formula is C21H17Br2NO2S2. The summed E-state index contributed by atoms with van der Waals surface area (Å²) in [6, 6.07) is 11.9. The van der Waals surface area contributed by atoms with Crippen LogP contribution in [-0.4, -0.2) is 21.7 Å². The van der Waals surface area contributed by atoms with Crippen LogP contribution in [0.25, 0.3) is 6.08 Å². The van der Waals surface area contributed by atoms with Crippen LogP contribution in [0.15, 0.2) is 62.9 Å². The van der Waals surface area contributed by atoms with E-state index in [4.69, 9.17) is 17.0 Å². The number of hydrogen-bond donors (Lipinski definition) is 0. The molecule has 2 aromatic rings. The molecule has 0 unspecified atom stereocenters. The third-order valence-electron chi connectivity index (χ3n) is 4.00. The maximum atomic E-state index is 12.9. The standard InChI is InChI=1S/C21H17Br2NO2S2/c1-3-8-26-19-16(22)9-15(10-17(19)23)11-18-20(25)24(21(27)28-18)12-14-6-4-13(2)5-7-14/h3-7,9-11H,1,8,12H2,2H3/b18-11-. The molecule has 1 heterocycles. The molecule has 1 aliphatic rings. The minimum Gasteiger partial charge on any atom is -0.487 e. The molecule has 0 aromatic heterocycles. The van der Waals surface area contributed by atoms with Gasteiger partial charge in [0.05, 0.1) is 20.4 Å². The van der Waals surface area contributed by atoms with Crippen molar-refractivity contribution in [3.63, 3.8) is 0 Å². The minimum atomic E-state index is -0.0743. The van der Waals surface area contributed by atoms with Crippen LogP contribution in [0.3, 0.4) is 0 Å². The van der Waals surface area contributed by atoms with Gasteiger partial charge in [0.15, 0.2) is 0 Å². The van der Waals surface area contributed by atoms with E-state index in [0.717, 1.165) is 20.1 Å². The average Bonchev–Trinajstić information content (AvgIpc) is 2.90. The highest BCUT2D eigenvalue weighted by Gasteiger charge is 2.32. The van der Waals surface area contributed by atoms with Gasteiger partial charge in [0.2, 0.25) is 0 Å². The fourth-order valence-corrected chi connectivity index (χ4v) is 5.31. The Morgan fingerprint density at radius 3 is 2.46 bits per heavy atom. The Morgan fingerprint density at radius 2 is 1.86 bits per heavy atom. The molecule has 0 atom stereocenters. The summed E-state index contributed by atoms with van der Waals surface area (Å²) in [5.74, 6) is 0.624. The zero-order valence-corrected chi connectivity index (χ0v) is 19.9. The maximum Gasteiger partial charge on any atom is 0.266 e. The van der Waals surface area contributed by atoms with Crippen molar-refractivity contribution in [3.8, 4) is 5.75 Å². The summed E-state index contributed by atoms with van der Waals surface area (Å²) >= 11 is 13.8. The first-order valence-corrected chi connectivity index (χ1v) is 11.2. The monoisotopic (exact) mass is 537 g/mol. The molecule has 0 aliphatic carbocycles. The van der Waals surface area contributed by atoms with E-state index >= 15 is 0 Å². The lowest BCUT2D eigenvalue weighted by atomic mass is 10.1. The molecule has 0 N–H and O–H groups in total. The van der Waals surface area contributed by atoms with Crippen molar-refractivity contribution in [2.24, 2.45) is 0 Å². The van der Waals surface area contributed by atoms with Crippen LogP contribution in [0.1, 0.15) is 16.7 Å². The van der Waals surface area contributed by atoms with Gasteiger partial charge < -0.3 is 4.74 Å². The Bertz CT molecular complexity index is 948. The largest absolute Gasteiger partial charge is 0.487 e. The van der Waals surface area contributed by atoms with E-state index in [1.165, 1.54) is 17.3 Å². The Balaban J connectivity index is 1.81. The minimum absolute atomic E-state index is 0.0743. The van der Waals surface area contributed by atoms with Crippen molar-refractivity contribution >= 4 is 72.1 Å². The SMILES string of the molecule is C=CCOc1c(Br)cc(/C=C2\SC(=S)N(Cc3ccc(C)cc3)C2=O)cc1Br. The van der Waals surface area contributed by atoms with Gasteiger partial charge in [-0.25, -0.2) is 0 Å². The second-order valence-corrected chi connectivity index (χ2v) is 9.55. The van der Waals surface area contributed by atoms with E-state index in [9.17, 15) is 4.79 Å². The molecular weight excluding hydrogens is 522 g/mol. The van der Waals surface area contributed by atoms with Crippen molar-refractivity contribution in [2.45, 2.75) is 13.5 Å². The summed E-state index contributed by atoms with van der Waals surface area (Å²) in [5, 5.41) is 0. The summed E-state index contributed by atoms with van der Waals surface area (Å²) in [5.41, 5.74) is 3.11. The number of rotatable bonds is 6. The molecule has 0 saturated carbocycles. The van der Waals surface area contributed by atoms with Gasteiger partial charge in [0.1, 0.15) is 16.7 Å². The second kappa shape index (κ2) is 9.39. The molecule has 28 heavy (non-hydrogen) atoms. The van der Waals surface area contributed by atoms with Crippen LogP contribution in [0, 0.1) is 6.92 Å². The number of nitrogens with zero attached hydrogens (tertiary/aromatic N) is 1. The van der Waals surface area contributed by atoms with E-state index in [1.807, 2.05) is 49.4 Å². The highest BCUT2D eigenvalue weighted by Crippen LogP contribution is 2.38. The summed E-state index contributed by atoms with van der Waals surface area (Å²) in [6.07, 6.45) is 3.54. The van der Waals surface area contributed by atoms with Crippen molar-refractivity contribution in [3.05, 3.63) is 79.6 Å². The summed E-state index contributed by atoms with van der Waals surface area (Å²) in [7, 11) is 0. The van der Waals surface area contributed by atoms with Crippen molar-refractivity contribution in [1.82, 2.24) is 4.90 Å². The number of thiocarbonyl (C=S) groups is 1. The lowest BCUT2D eigenvalue weighted by Gasteiger charge is -2.14. The lowest BCUT2D eigenvalue weighted by Crippen LogP contribution is -2.27. The topological polar surface area (TPSA) is 29.5 Å². The summed E-state index contributed by atoms with van der Waals surface area (Å²) < 4.78 is 7.80. The van der Waals surface area contributed by atoms with Crippen molar-refractivity contribution < 1.29 is 9.53 Å². The number of thioether (sulfide) groups is 1.